The monoisotopic (exact) mass is 305 g/mol. The zero-order chi connectivity index (χ0) is 15.6. The molecule has 0 atom stereocenters. The molecule has 3 N–H and O–H groups in total. The molecule has 0 aliphatic rings. The lowest BCUT2D eigenvalue weighted by atomic mass is 10.1. The van der Waals surface area contributed by atoms with Gasteiger partial charge in [0.1, 0.15) is 5.02 Å². The Balaban J connectivity index is 2.27. The van der Waals surface area contributed by atoms with Gasteiger partial charge in [0.15, 0.2) is 0 Å². The van der Waals surface area contributed by atoms with E-state index < -0.39 is 4.92 Å². The molecule has 2 aromatic carbocycles. The van der Waals surface area contributed by atoms with E-state index >= 15 is 0 Å². The van der Waals surface area contributed by atoms with Crippen LogP contribution >= 0.6 is 11.6 Å². The normalized spacial score (nSPS) is 10.2. The number of nitrogens with one attached hydrogen (secondary N) is 1. The van der Waals surface area contributed by atoms with Crippen LogP contribution in [0.25, 0.3) is 0 Å². The second-order valence-electron chi connectivity index (χ2n) is 4.45. The molecule has 2 aromatic rings. The second kappa shape index (κ2) is 5.80. The molecule has 0 aliphatic heterocycles. The van der Waals surface area contributed by atoms with Crippen LogP contribution < -0.4 is 11.1 Å². The fourth-order valence-corrected chi connectivity index (χ4v) is 2.06. The van der Waals surface area contributed by atoms with E-state index in [2.05, 4.69) is 5.32 Å². The van der Waals surface area contributed by atoms with Gasteiger partial charge < -0.3 is 11.1 Å². The lowest BCUT2D eigenvalue weighted by molar-refractivity contribution is -0.384. The number of hydrogen-bond donors (Lipinski definition) is 2. The van der Waals surface area contributed by atoms with E-state index in [1.54, 1.807) is 25.1 Å². The first-order valence-electron chi connectivity index (χ1n) is 6.00. The maximum atomic E-state index is 12.2. The molecule has 0 saturated carbocycles. The van der Waals surface area contributed by atoms with E-state index in [4.69, 9.17) is 17.3 Å². The number of nitrogen functional groups attached to an aromatic ring is 1. The summed E-state index contributed by atoms with van der Waals surface area (Å²) < 4.78 is 0. The zero-order valence-corrected chi connectivity index (χ0v) is 11.8. The molecular formula is C14H12ClN3O3. The third-order valence-electron chi connectivity index (χ3n) is 2.90. The van der Waals surface area contributed by atoms with E-state index in [1.165, 1.54) is 18.2 Å². The highest BCUT2D eigenvalue weighted by atomic mass is 35.5. The predicted molar refractivity (Wildman–Crippen MR) is 81.7 cm³/mol. The SMILES string of the molecule is Cc1cc(N)ccc1C(=O)Nc1ccc(Cl)c([N+](=O)[O-])c1. The van der Waals surface area contributed by atoms with Crippen molar-refractivity contribution in [3.05, 3.63) is 62.7 Å². The molecule has 7 heteroatoms. The number of nitrogens with zero attached hydrogens (tertiary/aromatic N) is 1. The summed E-state index contributed by atoms with van der Waals surface area (Å²) in [6.45, 7) is 1.76. The summed E-state index contributed by atoms with van der Waals surface area (Å²) in [5.41, 5.74) is 7.39. The van der Waals surface area contributed by atoms with Crippen molar-refractivity contribution < 1.29 is 9.72 Å². The van der Waals surface area contributed by atoms with Crippen LogP contribution in [0.1, 0.15) is 15.9 Å². The quantitative estimate of drug-likeness (QED) is 0.516. The predicted octanol–water partition coefficient (Wildman–Crippen LogP) is 3.39. The van der Waals surface area contributed by atoms with Crippen LogP contribution in [0.15, 0.2) is 36.4 Å². The van der Waals surface area contributed by atoms with Gasteiger partial charge in [-0.05, 0) is 42.8 Å². The van der Waals surface area contributed by atoms with Crippen LogP contribution in [0.3, 0.4) is 0 Å². The number of rotatable bonds is 3. The molecule has 0 aliphatic carbocycles. The number of anilines is 2. The lowest BCUT2D eigenvalue weighted by Gasteiger charge is -2.08. The van der Waals surface area contributed by atoms with Gasteiger partial charge >= 0.3 is 0 Å². The molecule has 1 amide bonds. The molecule has 2 rings (SSSR count). The maximum Gasteiger partial charge on any atom is 0.289 e. The van der Waals surface area contributed by atoms with Gasteiger partial charge in [-0.3, -0.25) is 14.9 Å². The number of nitro benzene ring substituents is 1. The first-order valence-corrected chi connectivity index (χ1v) is 6.37. The molecule has 0 bridgehead atoms. The van der Waals surface area contributed by atoms with Crippen LogP contribution in [0.4, 0.5) is 17.1 Å². The number of carbonyl (C=O) groups excluding carboxylic acids is 1. The Hall–Kier alpha value is -2.60. The minimum Gasteiger partial charge on any atom is -0.399 e. The summed E-state index contributed by atoms with van der Waals surface area (Å²) in [7, 11) is 0. The Kier molecular flexibility index (Phi) is 4.09. The van der Waals surface area contributed by atoms with Crippen LogP contribution in [0.2, 0.25) is 5.02 Å². The summed E-state index contributed by atoms with van der Waals surface area (Å²) in [6, 6.07) is 8.98. The smallest absolute Gasteiger partial charge is 0.289 e. The minimum atomic E-state index is -0.605. The Labute approximate surface area is 125 Å². The van der Waals surface area contributed by atoms with Crippen molar-refractivity contribution >= 4 is 34.6 Å². The molecule has 0 spiro atoms. The van der Waals surface area contributed by atoms with Gasteiger partial charge in [0.05, 0.1) is 4.92 Å². The first-order chi connectivity index (χ1) is 9.88. The van der Waals surface area contributed by atoms with E-state index in [0.29, 0.717) is 16.9 Å². The maximum absolute atomic E-state index is 12.2. The molecule has 21 heavy (non-hydrogen) atoms. The highest BCUT2D eigenvalue weighted by Gasteiger charge is 2.15. The number of halogens is 1. The Morgan fingerprint density at radius 1 is 1.29 bits per heavy atom. The number of amides is 1. The van der Waals surface area contributed by atoms with Crippen molar-refractivity contribution in [1.29, 1.82) is 0 Å². The molecular weight excluding hydrogens is 294 g/mol. The molecule has 108 valence electrons. The van der Waals surface area contributed by atoms with Crippen LogP contribution in [0.5, 0.6) is 0 Å². The molecule has 0 radical (unpaired) electrons. The topological polar surface area (TPSA) is 98.3 Å². The summed E-state index contributed by atoms with van der Waals surface area (Å²) in [5.74, 6) is -0.371. The fraction of sp³-hybridized carbons (Fsp3) is 0.0714. The zero-order valence-electron chi connectivity index (χ0n) is 11.1. The summed E-state index contributed by atoms with van der Waals surface area (Å²) >= 11 is 5.72. The number of carbonyl (C=O) groups is 1. The summed E-state index contributed by atoms with van der Waals surface area (Å²) in [5, 5.41) is 13.4. The summed E-state index contributed by atoms with van der Waals surface area (Å²) in [4.78, 5) is 22.4. The van der Waals surface area contributed by atoms with Crippen LogP contribution in [-0.4, -0.2) is 10.8 Å². The van der Waals surface area contributed by atoms with Crippen LogP contribution in [-0.2, 0) is 0 Å². The number of nitro groups is 1. The van der Waals surface area contributed by atoms with Crippen molar-refractivity contribution in [2.45, 2.75) is 6.92 Å². The van der Waals surface area contributed by atoms with E-state index in [1.807, 2.05) is 0 Å². The van der Waals surface area contributed by atoms with Crippen molar-refractivity contribution in [1.82, 2.24) is 0 Å². The van der Waals surface area contributed by atoms with Gasteiger partial charge in [-0.25, -0.2) is 0 Å². The number of nitrogens with two attached hydrogens (primary N) is 1. The Morgan fingerprint density at radius 2 is 2.00 bits per heavy atom. The minimum absolute atomic E-state index is 0.0154. The third-order valence-corrected chi connectivity index (χ3v) is 3.22. The third kappa shape index (κ3) is 3.29. The fourth-order valence-electron chi connectivity index (χ4n) is 1.87. The molecule has 0 unspecified atom stereocenters. The number of hydrogen-bond acceptors (Lipinski definition) is 4. The van der Waals surface area contributed by atoms with E-state index in [0.717, 1.165) is 5.56 Å². The highest BCUT2D eigenvalue weighted by molar-refractivity contribution is 6.32. The van der Waals surface area contributed by atoms with Gasteiger partial charge in [0.2, 0.25) is 0 Å². The highest BCUT2D eigenvalue weighted by Crippen LogP contribution is 2.27. The molecule has 0 saturated heterocycles. The number of benzene rings is 2. The second-order valence-corrected chi connectivity index (χ2v) is 4.86. The average Bonchev–Trinajstić information content (AvgIpc) is 2.40. The van der Waals surface area contributed by atoms with Crippen molar-refractivity contribution in [3.8, 4) is 0 Å². The van der Waals surface area contributed by atoms with Gasteiger partial charge in [-0.15, -0.1) is 0 Å². The van der Waals surface area contributed by atoms with Crippen LogP contribution in [0, 0.1) is 17.0 Å². The van der Waals surface area contributed by atoms with Crippen molar-refractivity contribution in [2.75, 3.05) is 11.1 Å². The molecule has 0 fully saturated rings. The van der Waals surface area contributed by atoms with E-state index in [9.17, 15) is 14.9 Å². The van der Waals surface area contributed by atoms with Crippen molar-refractivity contribution in [3.63, 3.8) is 0 Å². The van der Waals surface area contributed by atoms with Gasteiger partial charge in [0, 0.05) is 23.0 Å². The lowest BCUT2D eigenvalue weighted by Crippen LogP contribution is -2.13. The van der Waals surface area contributed by atoms with E-state index in [-0.39, 0.29) is 16.6 Å². The Bertz CT molecular complexity index is 731. The largest absolute Gasteiger partial charge is 0.399 e. The molecule has 0 heterocycles. The summed E-state index contributed by atoms with van der Waals surface area (Å²) in [6.07, 6.45) is 0. The Morgan fingerprint density at radius 3 is 2.62 bits per heavy atom. The average molecular weight is 306 g/mol. The van der Waals surface area contributed by atoms with Crippen molar-refractivity contribution in [2.24, 2.45) is 0 Å². The van der Waals surface area contributed by atoms with Gasteiger partial charge in [-0.2, -0.15) is 0 Å². The number of aryl methyl sites for hydroxylation is 1. The standard InChI is InChI=1S/C14H12ClN3O3/c1-8-6-9(16)2-4-11(8)14(19)17-10-3-5-12(15)13(7-10)18(20)21/h2-7H,16H2,1H3,(H,17,19). The molecule has 0 aromatic heterocycles. The van der Waals surface area contributed by atoms with Gasteiger partial charge in [0.25, 0.3) is 11.6 Å². The first kappa shape index (κ1) is 14.8. The molecule has 6 nitrogen and oxygen atoms in total. The van der Waals surface area contributed by atoms with Gasteiger partial charge in [-0.1, -0.05) is 11.6 Å².